The third-order valence-corrected chi connectivity index (χ3v) is 4.74. The molecule has 0 radical (unpaired) electrons. The molecule has 2 aromatic carbocycles. The van der Waals surface area contributed by atoms with Crippen LogP contribution in [0.4, 0.5) is 5.69 Å². The van der Waals surface area contributed by atoms with E-state index in [4.69, 9.17) is 5.73 Å². The summed E-state index contributed by atoms with van der Waals surface area (Å²) in [6, 6.07) is 13.8. The van der Waals surface area contributed by atoms with Gasteiger partial charge >= 0.3 is 0 Å². The molecule has 9 heteroatoms. The number of benzene rings is 2. The van der Waals surface area contributed by atoms with Crippen molar-refractivity contribution in [3.05, 3.63) is 71.9 Å². The molecule has 0 aliphatic carbocycles. The first-order valence-electron chi connectivity index (χ1n) is 7.45. The van der Waals surface area contributed by atoms with Gasteiger partial charge in [-0.25, -0.2) is 0 Å². The number of guanidine groups is 1. The van der Waals surface area contributed by atoms with Gasteiger partial charge in [0, 0.05) is 17.3 Å². The van der Waals surface area contributed by atoms with E-state index >= 15 is 0 Å². The summed E-state index contributed by atoms with van der Waals surface area (Å²) in [5, 5.41) is 4.78. The van der Waals surface area contributed by atoms with Crippen LogP contribution in [0.3, 0.4) is 0 Å². The van der Waals surface area contributed by atoms with Crippen molar-refractivity contribution in [3.63, 3.8) is 0 Å². The number of amides is 1. The normalized spacial score (nSPS) is 17.2. The van der Waals surface area contributed by atoms with Crippen LogP contribution >= 0.6 is 0 Å². The number of ketones is 1. The summed E-state index contributed by atoms with van der Waals surface area (Å²) in [6.07, 6.45) is 1.09. The Hall–Kier alpha value is -3.46. The number of nitrogens with one attached hydrogen (secondary N) is 2. The average Bonchev–Trinajstić information content (AvgIpc) is 2.94. The van der Waals surface area contributed by atoms with Gasteiger partial charge in [-0.3, -0.25) is 14.9 Å². The van der Waals surface area contributed by atoms with Crippen molar-refractivity contribution >= 4 is 33.4 Å². The van der Waals surface area contributed by atoms with Crippen molar-refractivity contribution in [3.8, 4) is 0 Å². The lowest BCUT2D eigenvalue weighted by atomic mass is 10.1. The molecule has 8 nitrogen and oxygen atoms in total. The highest BCUT2D eigenvalue weighted by molar-refractivity contribution is 7.90. The first-order chi connectivity index (χ1) is 12.3. The zero-order valence-corrected chi connectivity index (χ0v) is 14.2. The van der Waals surface area contributed by atoms with Crippen LogP contribution in [-0.2, 0) is 14.8 Å². The van der Waals surface area contributed by atoms with Gasteiger partial charge in [0.05, 0.1) is 4.90 Å². The third kappa shape index (κ3) is 3.78. The minimum atomic E-state index is -4.04. The highest BCUT2D eigenvalue weighted by Crippen LogP contribution is 2.15. The maximum atomic E-state index is 12.3. The molecule has 132 valence electrons. The van der Waals surface area contributed by atoms with Crippen molar-refractivity contribution < 1.29 is 18.0 Å². The number of carbonyl (C=O) groups is 2. The Balaban J connectivity index is 1.83. The molecule has 1 fully saturated rings. The quantitative estimate of drug-likeness (QED) is 0.414. The minimum absolute atomic E-state index is 0.0759. The van der Waals surface area contributed by atoms with Crippen molar-refractivity contribution in [2.75, 3.05) is 5.73 Å². The molecule has 1 saturated heterocycles. The van der Waals surface area contributed by atoms with E-state index in [0.29, 0.717) is 11.3 Å². The first kappa shape index (κ1) is 17.4. The van der Waals surface area contributed by atoms with E-state index in [2.05, 4.69) is 15.0 Å². The predicted molar refractivity (Wildman–Crippen MR) is 95.6 cm³/mol. The molecule has 4 N–H and O–H groups in total. The van der Waals surface area contributed by atoms with Crippen LogP contribution in [0.25, 0.3) is 0 Å². The van der Waals surface area contributed by atoms with Gasteiger partial charge in [-0.1, -0.05) is 30.3 Å². The van der Waals surface area contributed by atoms with Gasteiger partial charge in [-0.15, -0.1) is 4.40 Å². The molecule has 0 aromatic heterocycles. The Morgan fingerprint density at radius 3 is 2.31 bits per heavy atom. The second-order valence-corrected chi connectivity index (χ2v) is 6.96. The van der Waals surface area contributed by atoms with Crippen LogP contribution in [-0.4, -0.2) is 26.1 Å². The zero-order chi connectivity index (χ0) is 18.7. The Bertz CT molecular complexity index is 1030. The van der Waals surface area contributed by atoms with E-state index < -0.39 is 21.7 Å². The molecule has 1 aliphatic rings. The van der Waals surface area contributed by atoms with Gasteiger partial charge < -0.3 is 11.1 Å². The van der Waals surface area contributed by atoms with Crippen LogP contribution in [0.1, 0.15) is 10.4 Å². The molecule has 0 saturated carbocycles. The van der Waals surface area contributed by atoms with Crippen LogP contribution in [0.15, 0.2) is 75.7 Å². The number of anilines is 1. The molecule has 26 heavy (non-hydrogen) atoms. The Labute approximate surface area is 149 Å². The third-order valence-electron chi connectivity index (χ3n) is 3.45. The molecule has 0 unspecified atom stereocenters. The Morgan fingerprint density at radius 1 is 1.00 bits per heavy atom. The Kier molecular flexibility index (Phi) is 4.55. The number of nitrogen functional groups attached to an aromatic ring is 1. The van der Waals surface area contributed by atoms with E-state index in [1.807, 2.05) is 0 Å². The first-order valence-corrected chi connectivity index (χ1v) is 8.89. The number of sulfonamides is 1. The number of hydrogen-bond acceptors (Lipinski definition) is 5. The predicted octanol–water partition coefficient (Wildman–Crippen LogP) is 0.800. The SMILES string of the molecule is Nc1ccc(S(=O)(=O)/N=C2/NC(=O)/C(=C\C(=O)c3ccccc3)N2)cc1. The minimum Gasteiger partial charge on any atom is -0.399 e. The van der Waals surface area contributed by atoms with Crippen LogP contribution in [0, 0.1) is 0 Å². The van der Waals surface area contributed by atoms with Crippen LogP contribution in [0.2, 0.25) is 0 Å². The molecule has 1 aliphatic heterocycles. The van der Waals surface area contributed by atoms with Crippen molar-refractivity contribution in [2.24, 2.45) is 4.40 Å². The summed E-state index contributed by atoms with van der Waals surface area (Å²) in [7, 11) is -4.04. The molecule has 0 spiro atoms. The fourth-order valence-electron chi connectivity index (χ4n) is 2.17. The van der Waals surface area contributed by atoms with Gasteiger partial charge in [0.2, 0.25) is 5.96 Å². The fourth-order valence-corrected chi connectivity index (χ4v) is 3.08. The number of nitrogens with zero attached hydrogens (tertiary/aromatic N) is 1. The maximum absolute atomic E-state index is 12.3. The van der Waals surface area contributed by atoms with Crippen molar-refractivity contribution in [2.45, 2.75) is 4.90 Å². The molecular formula is C17H14N4O4S. The summed E-state index contributed by atoms with van der Waals surface area (Å²) in [6.45, 7) is 0. The lowest BCUT2D eigenvalue weighted by Crippen LogP contribution is -2.26. The summed E-state index contributed by atoms with van der Waals surface area (Å²) < 4.78 is 28.0. The number of allylic oxidation sites excluding steroid dienone is 1. The highest BCUT2D eigenvalue weighted by atomic mass is 32.2. The van der Waals surface area contributed by atoms with Gasteiger partial charge in [0.25, 0.3) is 15.9 Å². The molecule has 2 aromatic rings. The van der Waals surface area contributed by atoms with E-state index in [1.54, 1.807) is 30.3 Å². The van der Waals surface area contributed by atoms with E-state index in [9.17, 15) is 18.0 Å². The lowest BCUT2D eigenvalue weighted by Gasteiger charge is -2.01. The van der Waals surface area contributed by atoms with Crippen LogP contribution in [0.5, 0.6) is 0 Å². The molecule has 3 rings (SSSR count). The van der Waals surface area contributed by atoms with Gasteiger partial charge in [-0.05, 0) is 24.3 Å². The number of rotatable bonds is 4. The standard InChI is InChI=1S/C17H14N4O4S/c18-12-6-8-13(9-7-12)26(24,25)21-17-19-14(16(23)20-17)10-15(22)11-4-2-1-3-5-11/h1-10H,18H2,(H2,19,20,21,23)/b14-10+. The van der Waals surface area contributed by atoms with Crippen molar-refractivity contribution in [1.82, 2.24) is 10.6 Å². The second kappa shape index (κ2) is 6.81. The number of hydrogen-bond donors (Lipinski definition) is 3. The number of carbonyl (C=O) groups excluding carboxylic acids is 2. The van der Waals surface area contributed by atoms with Crippen molar-refractivity contribution in [1.29, 1.82) is 0 Å². The smallest absolute Gasteiger partial charge is 0.285 e. The van der Waals surface area contributed by atoms with Gasteiger partial charge in [0.1, 0.15) is 5.70 Å². The zero-order valence-electron chi connectivity index (χ0n) is 13.3. The van der Waals surface area contributed by atoms with Gasteiger partial charge in [-0.2, -0.15) is 8.42 Å². The molecule has 1 heterocycles. The molecule has 1 amide bonds. The fraction of sp³-hybridized carbons (Fsp3) is 0. The monoisotopic (exact) mass is 370 g/mol. The van der Waals surface area contributed by atoms with E-state index in [1.165, 1.54) is 24.3 Å². The molecule has 0 bridgehead atoms. The van der Waals surface area contributed by atoms with E-state index in [-0.39, 0.29) is 16.6 Å². The summed E-state index contributed by atoms with van der Waals surface area (Å²) in [5.41, 5.74) is 6.24. The Morgan fingerprint density at radius 2 is 1.65 bits per heavy atom. The topological polar surface area (TPSA) is 131 Å². The summed E-state index contributed by atoms with van der Waals surface area (Å²) in [5.74, 6) is -1.33. The highest BCUT2D eigenvalue weighted by Gasteiger charge is 2.25. The lowest BCUT2D eigenvalue weighted by molar-refractivity contribution is -0.115. The van der Waals surface area contributed by atoms with E-state index in [0.717, 1.165) is 6.08 Å². The summed E-state index contributed by atoms with van der Waals surface area (Å²) >= 11 is 0. The summed E-state index contributed by atoms with van der Waals surface area (Å²) in [4.78, 5) is 24.0. The second-order valence-electron chi connectivity index (χ2n) is 5.35. The van der Waals surface area contributed by atoms with Gasteiger partial charge in [0.15, 0.2) is 5.78 Å². The number of nitrogens with two attached hydrogens (primary N) is 1. The maximum Gasteiger partial charge on any atom is 0.285 e. The van der Waals surface area contributed by atoms with Crippen LogP contribution < -0.4 is 16.4 Å². The largest absolute Gasteiger partial charge is 0.399 e. The molecular weight excluding hydrogens is 356 g/mol. The molecule has 0 atom stereocenters. The average molecular weight is 370 g/mol.